The van der Waals surface area contributed by atoms with Crippen molar-refractivity contribution >= 4 is 22.6 Å². The number of nitrogens with zero attached hydrogens (tertiary/aromatic N) is 2. The van der Waals surface area contributed by atoms with Crippen molar-refractivity contribution in [2.45, 2.75) is 11.7 Å². The number of hydrogen-bond acceptors (Lipinski definition) is 4. The Balaban J connectivity index is 2.68. The standard InChI is InChI=1S/C10H9F3N2O2S/c1-17-8(9(16)18-10(11,12)13)15-14-7-5-3-2-4-6-7/h2-6,8H,1H3/p+1. The molecule has 1 aromatic rings. The SMILES string of the molecule is COC(N=Nc1ccccc1)C(=[OH+])SC(F)(F)F. The van der Waals surface area contributed by atoms with Gasteiger partial charge in [0, 0.05) is 7.11 Å². The van der Waals surface area contributed by atoms with Gasteiger partial charge < -0.3 is 4.74 Å². The lowest BCUT2D eigenvalue weighted by atomic mass is 10.3. The Morgan fingerprint density at radius 2 is 1.94 bits per heavy atom. The number of azo groups is 1. The lowest BCUT2D eigenvalue weighted by molar-refractivity contribution is -0.0319. The van der Waals surface area contributed by atoms with Crippen LogP contribution in [0.5, 0.6) is 0 Å². The van der Waals surface area contributed by atoms with E-state index in [1.165, 1.54) is 0 Å². The van der Waals surface area contributed by atoms with Crippen LogP contribution >= 0.6 is 11.8 Å². The van der Waals surface area contributed by atoms with Crippen LogP contribution in [0.1, 0.15) is 0 Å². The van der Waals surface area contributed by atoms with E-state index in [2.05, 4.69) is 15.0 Å². The molecule has 0 bridgehead atoms. The maximum absolute atomic E-state index is 12.0. The van der Waals surface area contributed by atoms with Crippen molar-refractivity contribution in [1.82, 2.24) is 0 Å². The molecule has 1 N–H and O–H groups in total. The number of rotatable bonds is 4. The third kappa shape index (κ3) is 5.28. The summed E-state index contributed by atoms with van der Waals surface area (Å²) in [5.41, 5.74) is -4.15. The first kappa shape index (κ1) is 14.7. The first-order valence-electron chi connectivity index (χ1n) is 4.72. The van der Waals surface area contributed by atoms with Crippen LogP contribution in [-0.2, 0) is 4.74 Å². The van der Waals surface area contributed by atoms with Crippen molar-refractivity contribution in [2.24, 2.45) is 10.2 Å². The molecule has 8 heteroatoms. The predicted octanol–water partition coefficient (Wildman–Crippen LogP) is 3.50. The minimum atomic E-state index is -4.59. The van der Waals surface area contributed by atoms with Crippen LogP contribution in [-0.4, -0.2) is 28.8 Å². The average molecular weight is 279 g/mol. The highest BCUT2D eigenvalue weighted by Crippen LogP contribution is 2.32. The maximum Gasteiger partial charge on any atom is 0.454 e. The van der Waals surface area contributed by atoms with E-state index in [9.17, 15) is 18.0 Å². The van der Waals surface area contributed by atoms with Gasteiger partial charge in [0.2, 0.25) is 0 Å². The Labute approximate surface area is 105 Å². The monoisotopic (exact) mass is 279 g/mol. The number of thioether (sulfide) groups is 1. The average Bonchev–Trinajstić information content (AvgIpc) is 2.29. The summed E-state index contributed by atoms with van der Waals surface area (Å²) in [4.78, 5) is 9.20. The fourth-order valence-electron chi connectivity index (χ4n) is 0.980. The molecule has 4 nitrogen and oxygen atoms in total. The Bertz CT molecular complexity index is 423. The van der Waals surface area contributed by atoms with E-state index in [-0.39, 0.29) is 0 Å². The highest BCUT2D eigenvalue weighted by atomic mass is 32.2. The lowest BCUT2D eigenvalue weighted by Gasteiger charge is -2.04. The minimum Gasteiger partial charge on any atom is -0.347 e. The molecule has 0 aliphatic heterocycles. The van der Waals surface area contributed by atoms with Gasteiger partial charge in [-0.1, -0.05) is 18.2 Å². The normalized spacial score (nSPS) is 13.8. The van der Waals surface area contributed by atoms with Crippen LogP contribution in [0.4, 0.5) is 18.9 Å². The Morgan fingerprint density at radius 3 is 2.44 bits per heavy atom. The Morgan fingerprint density at radius 1 is 1.33 bits per heavy atom. The topological polar surface area (TPSA) is 55.4 Å². The lowest BCUT2D eigenvalue weighted by Crippen LogP contribution is -2.21. The van der Waals surface area contributed by atoms with Gasteiger partial charge in [-0.25, -0.2) is 0 Å². The fourth-order valence-corrected chi connectivity index (χ4v) is 1.46. The highest BCUT2D eigenvalue weighted by Gasteiger charge is 2.40. The van der Waals surface area contributed by atoms with Gasteiger partial charge >= 0.3 is 10.6 Å². The summed E-state index contributed by atoms with van der Waals surface area (Å²) in [5.74, 6) is 0. The van der Waals surface area contributed by atoms with E-state index in [4.69, 9.17) is 0 Å². The fraction of sp³-hybridized carbons (Fsp3) is 0.300. The second kappa shape index (κ2) is 6.50. The van der Waals surface area contributed by atoms with E-state index in [1.807, 2.05) is 0 Å². The third-order valence-corrected chi connectivity index (χ3v) is 2.33. The first-order valence-corrected chi connectivity index (χ1v) is 5.54. The summed E-state index contributed by atoms with van der Waals surface area (Å²) < 4.78 is 40.7. The van der Waals surface area contributed by atoms with Gasteiger partial charge in [0.1, 0.15) is 0 Å². The zero-order valence-corrected chi connectivity index (χ0v) is 10.1. The molecule has 0 spiro atoms. The van der Waals surface area contributed by atoms with Crippen LogP contribution in [0.2, 0.25) is 0 Å². The van der Waals surface area contributed by atoms with Crippen LogP contribution in [0, 0.1) is 0 Å². The molecule has 0 saturated heterocycles. The van der Waals surface area contributed by atoms with Gasteiger partial charge in [-0.3, -0.25) is 4.79 Å². The summed E-state index contributed by atoms with van der Waals surface area (Å²) in [6.45, 7) is 0. The van der Waals surface area contributed by atoms with Crippen molar-refractivity contribution in [3.8, 4) is 0 Å². The smallest absolute Gasteiger partial charge is 0.347 e. The zero-order chi connectivity index (χ0) is 13.6. The first-order chi connectivity index (χ1) is 8.42. The molecule has 1 aromatic carbocycles. The number of benzene rings is 1. The van der Waals surface area contributed by atoms with Gasteiger partial charge in [0.15, 0.2) is 0 Å². The molecule has 0 aromatic heterocycles. The minimum absolute atomic E-state index is 0.448. The largest absolute Gasteiger partial charge is 0.454 e. The molecular formula is C10H10F3N2O2S+. The van der Waals surface area contributed by atoms with Crippen molar-refractivity contribution in [3.63, 3.8) is 0 Å². The number of hydrogen-bond donors (Lipinski definition) is 0. The van der Waals surface area contributed by atoms with Gasteiger partial charge in [0.05, 0.1) is 17.4 Å². The molecule has 1 rings (SSSR count). The maximum atomic E-state index is 12.0. The third-order valence-electron chi connectivity index (χ3n) is 1.69. The molecule has 0 aliphatic carbocycles. The number of ether oxygens (including phenoxy) is 1. The van der Waals surface area contributed by atoms with Gasteiger partial charge in [-0.15, -0.1) is 5.11 Å². The van der Waals surface area contributed by atoms with Gasteiger partial charge in [-0.05, 0) is 12.1 Å². The molecular weight excluding hydrogens is 269 g/mol. The zero-order valence-electron chi connectivity index (χ0n) is 9.26. The van der Waals surface area contributed by atoms with E-state index < -0.39 is 28.6 Å². The van der Waals surface area contributed by atoms with E-state index in [0.717, 1.165) is 7.11 Å². The molecule has 1 unspecified atom stereocenters. The quantitative estimate of drug-likeness (QED) is 0.625. The Hall–Kier alpha value is -1.41. The Kier molecular flexibility index (Phi) is 5.29. The van der Waals surface area contributed by atoms with E-state index >= 15 is 0 Å². The number of halogens is 3. The summed E-state index contributed by atoms with van der Waals surface area (Å²) in [6, 6.07) is 8.39. The van der Waals surface area contributed by atoms with E-state index in [0.29, 0.717) is 5.69 Å². The van der Waals surface area contributed by atoms with Crippen LogP contribution in [0.3, 0.4) is 0 Å². The van der Waals surface area contributed by atoms with E-state index in [1.54, 1.807) is 30.3 Å². The summed E-state index contributed by atoms with van der Waals surface area (Å²) in [7, 11) is 1.13. The molecule has 0 aliphatic rings. The summed E-state index contributed by atoms with van der Waals surface area (Å²) >= 11 is -0.682. The van der Waals surface area contributed by atoms with Crippen molar-refractivity contribution < 1.29 is 22.7 Å². The number of carbonyl (C=O) groups excluding carboxylic acids is 1. The number of methoxy groups -OCH3 is 1. The van der Waals surface area contributed by atoms with Gasteiger partial charge in [0.25, 0.3) is 6.23 Å². The van der Waals surface area contributed by atoms with Crippen molar-refractivity contribution in [1.29, 1.82) is 0 Å². The second-order valence-corrected chi connectivity index (χ2v) is 4.11. The van der Waals surface area contributed by atoms with Crippen LogP contribution in [0.25, 0.3) is 0 Å². The van der Waals surface area contributed by atoms with Crippen LogP contribution < -0.4 is 0 Å². The van der Waals surface area contributed by atoms with Crippen molar-refractivity contribution in [2.75, 3.05) is 7.11 Å². The molecule has 98 valence electrons. The molecule has 0 radical (unpaired) electrons. The molecule has 18 heavy (non-hydrogen) atoms. The van der Waals surface area contributed by atoms with Crippen molar-refractivity contribution in [3.05, 3.63) is 30.3 Å². The molecule has 0 heterocycles. The van der Waals surface area contributed by atoms with Crippen LogP contribution in [0.15, 0.2) is 40.6 Å². The molecule has 0 amide bonds. The molecule has 0 fully saturated rings. The number of alkyl halides is 3. The molecule has 0 saturated carbocycles. The summed E-state index contributed by atoms with van der Waals surface area (Å²) in [5, 5.41) is 6.15. The second-order valence-electron chi connectivity index (χ2n) is 3.03. The van der Waals surface area contributed by atoms with Gasteiger partial charge in [-0.2, -0.15) is 18.3 Å². The highest BCUT2D eigenvalue weighted by molar-refractivity contribution is 8.14. The predicted molar refractivity (Wildman–Crippen MR) is 62.3 cm³/mol. The summed E-state index contributed by atoms with van der Waals surface area (Å²) in [6.07, 6.45) is -1.46. The molecule has 1 atom stereocenters.